The Balaban J connectivity index is 1.59. The number of aryl methyl sites for hydroxylation is 3. The number of nitrogens with one attached hydrogen (secondary N) is 1. The third-order valence-electron chi connectivity index (χ3n) is 4.64. The summed E-state index contributed by atoms with van der Waals surface area (Å²) in [5, 5.41) is 0. The van der Waals surface area contributed by atoms with E-state index in [1.54, 1.807) is 6.07 Å². The fraction of sp³-hybridized carbons (Fsp3) is 0.400. The molecule has 1 aliphatic rings. The Bertz CT molecular complexity index is 831. The molecule has 0 saturated heterocycles. The molecule has 0 unspecified atom stereocenters. The molecular formula is C20H25NO3S. The molecule has 5 heteroatoms. The van der Waals surface area contributed by atoms with Crippen LogP contribution < -0.4 is 9.46 Å². The van der Waals surface area contributed by atoms with Crippen molar-refractivity contribution in [2.24, 2.45) is 0 Å². The van der Waals surface area contributed by atoms with Gasteiger partial charge in [-0.1, -0.05) is 31.2 Å². The van der Waals surface area contributed by atoms with Crippen molar-refractivity contribution in [3.8, 4) is 5.75 Å². The molecule has 2 aromatic carbocycles. The Morgan fingerprint density at radius 3 is 2.60 bits per heavy atom. The average molecular weight is 359 g/mol. The minimum atomic E-state index is -3.49. The van der Waals surface area contributed by atoms with Gasteiger partial charge in [-0.05, 0) is 67.0 Å². The molecule has 0 aromatic heterocycles. The van der Waals surface area contributed by atoms with Crippen molar-refractivity contribution < 1.29 is 13.2 Å². The first-order chi connectivity index (χ1) is 12.1. The van der Waals surface area contributed by atoms with E-state index in [4.69, 9.17) is 4.74 Å². The van der Waals surface area contributed by atoms with Crippen LogP contribution in [0.15, 0.2) is 47.4 Å². The predicted molar refractivity (Wildman–Crippen MR) is 99.6 cm³/mol. The number of benzene rings is 2. The monoisotopic (exact) mass is 359 g/mol. The molecule has 0 spiro atoms. The highest BCUT2D eigenvalue weighted by Gasteiger charge is 2.17. The molecule has 0 bridgehead atoms. The SMILES string of the molecule is CCc1ccccc1OCCNS(=O)(=O)c1ccc2c(c1)CCCC2. The van der Waals surface area contributed by atoms with Gasteiger partial charge < -0.3 is 4.74 Å². The van der Waals surface area contributed by atoms with E-state index in [1.165, 1.54) is 17.5 Å². The summed E-state index contributed by atoms with van der Waals surface area (Å²) in [4.78, 5) is 0.349. The largest absolute Gasteiger partial charge is 0.492 e. The van der Waals surface area contributed by atoms with Crippen LogP contribution in [0, 0.1) is 0 Å². The van der Waals surface area contributed by atoms with E-state index < -0.39 is 10.0 Å². The second kappa shape index (κ2) is 8.02. The molecule has 0 aliphatic heterocycles. The van der Waals surface area contributed by atoms with Gasteiger partial charge in [0, 0.05) is 6.54 Å². The average Bonchev–Trinajstić information content (AvgIpc) is 2.65. The van der Waals surface area contributed by atoms with Gasteiger partial charge in [0.05, 0.1) is 4.90 Å². The van der Waals surface area contributed by atoms with Crippen LogP contribution in [-0.4, -0.2) is 21.6 Å². The summed E-state index contributed by atoms with van der Waals surface area (Å²) in [5.74, 6) is 0.818. The Morgan fingerprint density at radius 1 is 1.04 bits per heavy atom. The zero-order chi connectivity index (χ0) is 17.7. The summed E-state index contributed by atoms with van der Waals surface area (Å²) in [6.45, 7) is 2.62. The van der Waals surface area contributed by atoms with Gasteiger partial charge in [-0.2, -0.15) is 0 Å². The quantitative estimate of drug-likeness (QED) is 0.770. The number of sulfonamides is 1. The van der Waals surface area contributed by atoms with Crippen LogP contribution in [0.5, 0.6) is 5.75 Å². The van der Waals surface area contributed by atoms with E-state index in [2.05, 4.69) is 11.6 Å². The maximum Gasteiger partial charge on any atom is 0.240 e. The number of para-hydroxylation sites is 1. The van der Waals surface area contributed by atoms with Gasteiger partial charge in [0.15, 0.2) is 0 Å². The molecule has 1 N–H and O–H groups in total. The molecule has 1 aliphatic carbocycles. The van der Waals surface area contributed by atoms with E-state index in [9.17, 15) is 8.42 Å². The minimum absolute atomic E-state index is 0.247. The summed E-state index contributed by atoms with van der Waals surface area (Å²) in [5.41, 5.74) is 3.58. The normalized spacial score (nSPS) is 14.1. The van der Waals surface area contributed by atoms with Gasteiger partial charge in [0.25, 0.3) is 0 Å². The number of hydrogen-bond acceptors (Lipinski definition) is 3. The number of hydrogen-bond donors (Lipinski definition) is 1. The summed E-state index contributed by atoms with van der Waals surface area (Å²) < 4.78 is 33.3. The Hall–Kier alpha value is -1.85. The van der Waals surface area contributed by atoms with Gasteiger partial charge in [0.2, 0.25) is 10.0 Å². The van der Waals surface area contributed by atoms with Crippen molar-refractivity contribution >= 4 is 10.0 Å². The van der Waals surface area contributed by atoms with E-state index in [0.717, 1.165) is 37.0 Å². The van der Waals surface area contributed by atoms with Crippen molar-refractivity contribution in [3.63, 3.8) is 0 Å². The molecule has 0 atom stereocenters. The molecule has 25 heavy (non-hydrogen) atoms. The van der Waals surface area contributed by atoms with Crippen molar-refractivity contribution in [1.29, 1.82) is 0 Å². The second-order valence-corrected chi connectivity index (χ2v) is 8.11. The fourth-order valence-corrected chi connectivity index (χ4v) is 4.30. The third kappa shape index (κ3) is 4.41. The van der Waals surface area contributed by atoms with Crippen molar-refractivity contribution in [1.82, 2.24) is 4.72 Å². The summed E-state index contributed by atoms with van der Waals surface area (Å²) >= 11 is 0. The van der Waals surface area contributed by atoms with E-state index >= 15 is 0 Å². The van der Waals surface area contributed by atoms with Gasteiger partial charge in [0.1, 0.15) is 12.4 Å². The third-order valence-corrected chi connectivity index (χ3v) is 6.09. The Labute approximate surface area is 150 Å². The lowest BCUT2D eigenvalue weighted by molar-refractivity contribution is 0.320. The Morgan fingerprint density at radius 2 is 1.80 bits per heavy atom. The number of rotatable bonds is 7. The lowest BCUT2D eigenvalue weighted by atomic mass is 9.92. The second-order valence-electron chi connectivity index (χ2n) is 6.35. The van der Waals surface area contributed by atoms with Crippen LogP contribution in [0.25, 0.3) is 0 Å². The first kappa shape index (κ1) is 18.0. The molecule has 4 nitrogen and oxygen atoms in total. The Kier molecular flexibility index (Phi) is 5.76. The lowest BCUT2D eigenvalue weighted by Gasteiger charge is -2.17. The van der Waals surface area contributed by atoms with Crippen molar-refractivity contribution in [2.45, 2.75) is 43.9 Å². The highest BCUT2D eigenvalue weighted by Crippen LogP contribution is 2.24. The minimum Gasteiger partial charge on any atom is -0.492 e. The predicted octanol–water partition coefficient (Wildman–Crippen LogP) is 3.49. The highest BCUT2D eigenvalue weighted by atomic mass is 32.2. The van der Waals surface area contributed by atoms with Gasteiger partial charge in [-0.3, -0.25) is 0 Å². The molecule has 134 valence electrons. The number of ether oxygens (including phenoxy) is 1. The zero-order valence-corrected chi connectivity index (χ0v) is 15.4. The van der Waals surface area contributed by atoms with E-state index in [-0.39, 0.29) is 6.54 Å². The van der Waals surface area contributed by atoms with Gasteiger partial charge in [-0.25, -0.2) is 13.1 Å². The smallest absolute Gasteiger partial charge is 0.240 e. The molecule has 3 rings (SSSR count). The lowest BCUT2D eigenvalue weighted by Crippen LogP contribution is -2.28. The molecule has 2 aromatic rings. The standard InChI is InChI=1S/C20H25NO3S/c1-2-16-7-5-6-10-20(16)24-14-13-21-25(22,23)19-12-11-17-8-3-4-9-18(17)15-19/h5-7,10-12,15,21H,2-4,8-9,13-14H2,1H3. The van der Waals surface area contributed by atoms with Gasteiger partial charge >= 0.3 is 0 Å². The van der Waals surface area contributed by atoms with Gasteiger partial charge in [-0.15, -0.1) is 0 Å². The summed E-state index contributed by atoms with van der Waals surface area (Å²) in [6.07, 6.45) is 5.23. The molecule has 0 fully saturated rings. The van der Waals surface area contributed by atoms with E-state index in [1.807, 2.05) is 36.4 Å². The maximum atomic E-state index is 12.5. The molecular weight excluding hydrogens is 334 g/mol. The molecule has 0 heterocycles. The molecule has 0 saturated carbocycles. The summed E-state index contributed by atoms with van der Waals surface area (Å²) in [7, 11) is -3.49. The first-order valence-corrected chi connectivity index (χ1v) is 10.4. The first-order valence-electron chi connectivity index (χ1n) is 8.92. The van der Waals surface area contributed by atoms with Crippen LogP contribution in [0.3, 0.4) is 0 Å². The van der Waals surface area contributed by atoms with Crippen LogP contribution in [0.4, 0.5) is 0 Å². The summed E-state index contributed by atoms with van der Waals surface area (Å²) in [6, 6.07) is 13.3. The topological polar surface area (TPSA) is 55.4 Å². The van der Waals surface area contributed by atoms with Crippen LogP contribution in [0.1, 0.15) is 36.5 Å². The fourth-order valence-electron chi connectivity index (χ4n) is 3.23. The maximum absolute atomic E-state index is 12.5. The van der Waals surface area contributed by atoms with Crippen LogP contribution >= 0.6 is 0 Å². The van der Waals surface area contributed by atoms with E-state index in [0.29, 0.717) is 11.5 Å². The van der Waals surface area contributed by atoms with Crippen LogP contribution in [0.2, 0.25) is 0 Å². The molecule has 0 amide bonds. The molecule has 0 radical (unpaired) electrons. The van der Waals surface area contributed by atoms with Crippen molar-refractivity contribution in [2.75, 3.05) is 13.2 Å². The van der Waals surface area contributed by atoms with Crippen molar-refractivity contribution in [3.05, 3.63) is 59.2 Å². The van der Waals surface area contributed by atoms with Crippen LogP contribution in [-0.2, 0) is 29.3 Å². The highest BCUT2D eigenvalue weighted by molar-refractivity contribution is 7.89. The number of fused-ring (bicyclic) bond motifs is 1. The zero-order valence-electron chi connectivity index (χ0n) is 14.6.